The molecular formula is C16H22N2O2S. The van der Waals surface area contributed by atoms with Crippen LogP contribution >= 0.6 is 12.2 Å². The van der Waals surface area contributed by atoms with Gasteiger partial charge in [0.1, 0.15) is 0 Å². The fourth-order valence-corrected chi connectivity index (χ4v) is 3.39. The van der Waals surface area contributed by atoms with Crippen LogP contribution in [0.2, 0.25) is 0 Å². The minimum Gasteiger partial charge on any atom is -0.454 e. The van der Waals surface area contributed by atoms with Gasteiger partial charge in [-0.3, -0.25) is 0 Å². The number of hydrogen-bond donors (Lipinski definition) is 1. The van der Waals surface area contributed by atoms with Gasteiger partial charge in [-0.2, -0.15) is 0 Å². The van der Waals surface area contributed by atoms with Gasteiger partial charge in [-0.25, -0.2) is 0 Å². The molecule has 1 saturated heterocycles. The second-order valence-corrected chi connectivity index (χ2v) is 6.58. The minimum atomic E-state index is 0.314. The largest absolute Gasteiger partial charge is 0.454 e. The molecule has 0 aromatic heterocycles. The highest BCUT2D eigenvalue weighted by Crippen LogP contribution is 2.32. The molecule has 1 aromatic carbocycles. The number of hydrogen-bond acceptors (Lipinski definition) is 3. The van der Waals surface area contributed by atoms with E-state index >= 15 is 0 Å². The standard InChI is InChI=1S/C16H22N2O2S/c1-11-5-12(2)9-18(8-11)16(21)17-7-13-3-4-14-15(6-13)20-10-19-14/h3-4,6,11-12H,5,7-10H2,1-2H3,(H,17,21)/t11-,12-/m0/s1. The molecule has 0 spiro atoms. The Labute approximate surface area is 131 Å². The zero-order valence-corrected chi connectivity index (χ0v) is 13.4. The van der Waals surface area contributed by atoms with E-state index in [0.717, 1.165) is 35.3 Å². The van der Waals surface area contributed by atoms with Crippen molar-refractivity contribution in [3.63, 3.8) is 0 Å². The van der Waals surface area contributed by atoms with Gasteiger partial charge in [-0.05, 0) is 48.2 Å². The van der Waals surface area contributed by atoms with E-state index in [1.54, 1.807) is 0 Å². The molecule has 1 aromatic rings. The average molecular weight is 306 g/mol. The topological polar surface area (TPSA) is 33.7 Å². The summed E-state index contributed by atoms with van der Waals surface area (Å²) in [5.74, 6) is 3.05. The smallest absolute Gasteiger partial charge is 0.231 e. The number of ether oxygens (including phenoxy) is 2. The summed E-state index contributed by atoms with van der Waals surface area (Å²) < 4.78 is 10.7. The molecule has 3 rings (SSSR count). The minimum absolute atomic E-state index is 0.314. The summed E-state index contributed by atoms with van der Waals surface area (Å²) in [6.45, 7) is 7.73. The first-order chi connectivity index (χ1) is 10.1. The third-order valence-corrected chi connectivity index (χ3v) is 4.44. The molecule has 114 valence electrons. The molecule has 2 atom stereocenters. The Balaban J connectivity index is 1.56. The van der Waals surface area contributed by atoms with Crippen LogP contribution in [-0.2, 0) is 6.54 Å². The maximum Gasteiger partial charge on any atom is 0.231 e. The van der Waals surface area contributed by atoms with E-state index in [-0.39, 0.29) is 0 Å². The van der Waals surface area contributed by atoms with Gasteiger partial charge in [0, 0.05) is 19.6 Å². The maximum absolute atomic E-state index is 5.54. The van der Waals surface area contributed by atoms with E-state index < -0.39 is 0 Å². The number of nitrogens with one attached hydrogen (secondary N) is 1. The number of thiocarbonyl (C=S) groups is 1. The lowest BCUT2D eigenvalue weighted by atomic mass is 9.92. The molecule has 0 radical (unpaired) electrons. The fraction of sp³-hybridized carbons (Fsp3) is 0.562. The van der Waals surface area contributed by atoms with Crippen molar-refractivity contribution >= 4 is 17.3 Å². The molecule has 0 bridgehead atoms. The van der Waals surface area contributed by atoms with Crippen molar-refractivity contribution in [1.29, 1.82) is 0 Å². The van der Waals surface area contributed by atoms with Crippen molar-refractivity contribution in [3.05, 3.63) is 23.8 Å². The van der Waals surface area contributed by atoms with Crippen LogP contribution in [0.15, 0.2) is 18.2 Å². The fourth-order valence-electron chi connectivity index (χ4n) is 3.17. The Bertz CT molecular complexity index is 525. The third kappa shape index (κ3) is 3.40. The van der Waals surface area contributed by atoms with E-state index in [1.165, 1.54) is 6.42 Å². The Morgan fingerprint density at radius 2 is 1.95 bits per heavy atom. The van der Waals surface area contributed by atoms with Crippen molar-refractivity contribution in [2.24, 2.45) is 11.8 Å². The van der Waals surface area contributed by atoms with Crippen LogP contribution in [0.25, 0.3) is 0 Å². The van der Waals surface area contributed by atoms with Crippen LogP contribution in [0.3, 0.4) is 0 Å². The average Bonchev–Trinajstić information content (AvgIpc) is 2.91. The van der Waals surface area contributed by atoms with Crippen LogP contribution in [0.4, 0.5) is 0 Å². The Kier molecular flexibility index (Phi) is 4.19. The zero-order chi connectivity index (χ0) is 14.8. The Morgan fingerprint density at radius 3 is 2.71 bits per heavy atom. The van der Waals surface area contributed by atoms with Crippen LogP contribution in [-0.4, -0.2) is 29.9 Å². The second-order valence-electron chi connectivity index (χ2n) is 6.20. The van der Waals surface area contributed by atoms with Crippen LogP contribution in [0.1, 0.15) is 25.8 Å². The van der Waals surface area contributed by atoms with Crippen LogP contribution < -0.4 is 14.8 Å². The second kappa shape index (κ2) is 6.10. The SMILES string of the molecule is C[C@H]1C[C@H](C)CN(C(=S)NCc2ccc3c(c2)OCO3)C1. The van der Waals surface area contributed by atoms with Crippen molar-refractivity contribution < 1.29 is 9.47 Å². The predicted octanol–water partition coefficient (Wildman–Crippen LogP) is 2.77. The number of rotatable bonds is 2. The molecule has 1 fully saturated rings. The number of benzene rings is 1. The molecule has 5 heteroatoms. The molecule has 0 amide bonds. The number of nitrogens with zero attached hydrogens (tertiary/aromatic N) is 1. The summed E-state index contributed by atoms with van der Waals surface area (Å²) in [4.78, 5) is 2.29. The van der Waals surface area contributed by atoms with E-state index in [0.29, 0.717) is 25.2 Å². The van der Waals surface area contributed by atoms with E-state index in [2.05, 4.69) is 24.1 Å². The summed E-state index contributed by atoms with van der Waals surface area (Å²) in [7, 11) is 0. The van der Waals surface area contributed by atoms with Gasteiger partial charge >= 0.3 is 0 Å². The van der Waals surface area contributed by atoms with Gasteiger partial charge in [-0.1, -0.05) is 19.9 Å². The van der Waals surface area contributed by atoms with Crippen molar-refractivity contribution in [2.75, 3.05) is 19.9 Å². The van der Waals surface area contributed by atoms with E-state index in [4.69, 9.17) is 21.7 Å². The van der Waals surface area contributed by atoms with Crippen LogP contribution in [0, 0.1) is 11.8 Å². The van der Waals surface area contributed by atoms with Crippen molar-refractivity contribution in [2.45, 2.75) is 26.8 Å². The molecule has 1 N–H and O–H groups in total. The zero-order valence-electron chi connectivity index (χ0n) is 12.6. The molecule has 2 aliphatic heterocycles. The lowest BCUT2D eigenvalue weighted by Gasteiger charge is -2.36. The number of likely N-dealkylation sites (tertiary alicyclic amines) is 1. The molecule has 0 saturated carbocycles. The maximum atomic E-state index is 5.54. The summed E-state index contributed by atoms with van der Waals surface area (Å²) in [5, 5.41) is 4.21. The molecule has 0 aliphatic carbocycles. The molecule has 2 heterocycles. The lowest BCUT2D eigenvalue weighted by Crippen LogP contribution is -2.47. The molecule has 4 nitrogen and oxygen atoms in total. The highest BCUT2D eigenvalue weighted by atomic mass is 32.1. The summed E-state index contributed by atoms with van der Waals surface area (Å²) in [5.41, 5.74) is 1.15. The highest BCUT2D eigenvalue weighted by Gasteiger charge is 2.23. The van der Waals surface area contributed by atoms with Crippen molar-refractivity contribution in [1.82, 2.24) is 10.2 Å². The summed E-state index contributed by atoms with van der Waals surface area (Å²) >= 11 is 5.54. The quantitative estimate of drug-likeness (QED) is 0.850. The van der Waals surface area contributed by atoms with Gasteiger partial charge in [0.2, 0.25) is 6.79 Å². The first-order valence-corrected chi connectivity index (χ1v) is 7.94. The van der Waals surface area contributed by atoms with Gasteiger partial charge in [0.15, 0.2) is 16.6 Å². The monoisotopic (exact) mass is 306 g/mol. The molecule has 21 heavy (non-hydrogen) atoms. The van der Waals surface area contributed by atoms with Gasteiger partial charge < -0.3 is 19.7 Å². The molecular weight excluding hydrogens is 284 g/mol. The number of fused-ring (bicyclic) bond motifs is 1. The highest BCUT2D eigenvalue weighted by molar-refractivity contribution is 7.80. The normalized spacial score (nSPS) is 24.0. The number of piperidine rings is 1. The van der Waals surface area contributed by atoms with Crippen molar-refractivity contribution in [3.8, 4) is 11.5 Å². The first kappa shape index (κ1) is 14.4. The van der Waals surface area contributed by atoms with Gasteiger partial charge in [0.05, 0.1) is 0 Å². The van der Waals surface area contributed by atoms with E-state index in [1.807, 2.05) is 18.2 Å². The lowest BCUT2D eigenvalue weighted by molar-refractivity contribution is 0.174. The molecule has 0 unspecified atom stereocenters. The van der Waals surface area contributed by atoms with Gasteiger partial charge in [0.25, 0.3) is 0 Å². The van der Waals surface area contributed by atoms with E-state index in [9.17, 15) is 0 Å². The molecule has 2 aliphatic rings. The first-order valence-electron chi connectivity index (χ1n) is 7.53. The van der Waals surface area contributed by atoms with Gasteiger partial charge in [-0.15, -0.1) is 0 Å². The van der Waals surface area contributed by atoms with Crippen LogP contribution in [0.5, 0.6) is 11.5 Å². The third-order valence-electron chi connectivity index (χ3n) is 4.04. The Hall–Kier alpha value is -1.49. The summed E-state index contributed by atoms with van der Waals surface area (Å²) in [6, 6.07) is 6.01. The summed E-state index contributed by atoms with van der Waals surface area (Å²) in [6.07, 6.45) is 1.29. The Morgan fingerprint density at radius 1 is 1.24 bits per heavy atom. The predicted molar refractivity (Wildman–Crippen MR) is 86.5 cm³/mol.